The zero-order valence-electron chi connectivity index (χ0n) is 12.2. The van der Waals surface area contributed by atoms with Crippen molar-refractivity contribution in [2.75, 3.05) is 5.32 Å². The number of hydrogen-bond acceptors (Lipinski definition) is 3. The van der Waals surface area contributed by atoms with Crippen molar-refractivity contribution in [2.24, 2.45) is 0 Å². The van der Waals surface area contributed by atoms with Crippen LogP contribution in [0.25, 0.3) is 0 Å². The minimum absolute atomic E-state index is 0.0701. The number of halogens is 2. The second kappa shape index (κ2) is 5.76. The summed E-state index contributed by atoms with van der Waals surface area (Å²) in [7, 11) is 0. The maximum absolute atomic E-state index is 12.8. The third-order valence-electron chi connectivity index (χ3n) is 4.52. The fourth-order valence-electron chi connectivity index (χ4n) is 3.50. The number of nitrogens with zero attached hydrogens (tertiary/aromatic N) is 3. The smallest absolute Gasteiger partial charge is 0.314 e. The lowest BCUT2D eigenvalue weighted by Gasteiger charge is -2.35. The van der Waals surface area contributed by atoms with Crippen molar-refractivity contribution in [2.45, 2.75) is 31.3 Å². The van der Waals surface area contributed by atoms with Crippen LogP contribution in [0, 0.1) is 0 Å². The molecule has 118 valence electrons. The van der Waals surface area contributed by atoms with Gasteiger partial charge in [-0.25, -0.2) is 14.8 Å². The summed E-state index contributed by atoms with van der Waals surface area (Å²) >= 11 is 9.37. The van der Waals surface area contributed by atoms with Gasteiger partial charge < -0.3 is 10.2 Å². The number of hydrogen-bond donors (Lipinski definition) is 1. The van der Waals surface area contributed by atoms with Crippen molar-refractivity contribution in [3.63, 3.8) is 0 Å². The zero-order chi connectivity index (χ0) is 16.0. The zero-order valence-corrected chi connectivity index (χ0v) is 14.5. The van der Waals surface area contributed by atoms with Gasteiger partial charge in [-0.05, 0) is 47.0 Å². The highest BCUT2D eigenvalue weighted by Crippen LogP contribution is 2.43. The number of urea groups is 1. The van der Waals surface area contributed by atoms with E-state index in [4.69, 9.17) is 11.6 Å². The first kappa shape index (κ1) is 14.9. The summed E-state index contributed by atoms with van der Waals surface area (Å²) in [6, 6.07) is 5.56. The van der Waals surface area contributed by atoms with E-state index in [2.05, 4.69) is 31.2 Å². The third-order valence-corrected chi connectivity index (χ3v) is 5.74. The van der Waals surface area contributed by atoms with Gasteiger partial charge in [-0.1, -0.05) is 11.6 Å². The molecule has 2 aliphatic heterocycles. The van der Waals surface area contributed by atoms with Gasteiger partial charge in [0.15, 0.2) is 0 Å². The molecule has 1 saturated heterocycles. The molecule has 1 N–H and O–H groups in total. The van der Waals surface area contributed by atoms with Crippen LogP contribution in [0.15, 0.2) is 35.2 Å². The molecule has 2 aromatic rings. The van der Waals surface area contributed by atoms with E-state index in [1.807, 2.05) is 17.2 Å². The Hall–Kier alpha value is -1.66. The molecule has 2 bridgehead atoms. The molecule has 3 heterocycles. The van der Waals surface area contributed by atoms with Crippen LogP contribution in [-0.4, -0.2) is 26.9 Å². The van der Waals surface area contributed by atoms with Crippen molar-refractivity contribution in [1.82, 2.24) is 14.9 Å². The first-order chi connectivity index (χ1) is 11.1. The Morgan fingerprint density at radius 1 is 1.39 bits per heavy atom. The molecule has 7 heteroatoms. The summed E-state index contributed by atoms with van der Waals surface area (Å²) in [5, 5.41) is 3.59. The molecule has 5 nitrogen and oxygen atoms in total. The normalized spacial score (nSPS) is 21.9. The quantitative estimate of drug-likeness (QED) is 0.790. The van der Waals surface area contributed by atoms with Crippen LogP contribution in [0.2, 0.25) is 5.02 Å². The van der Waals surface area contributed by atoms with Crippen LogP contribution >= 0.6 is 27.5 Å². The number of benzene rings is 1. The monoisotopic (exact) mass is 392 g/mol. The van der Waals surface area contributed by atoms with Gasteiger partial charge in [-0.3, -0.25) is 0 Å². The number of nitrogens with one attached hydrogen (secondary N) is 1. The number of rotatable bonds is 1. The number of carbonyl (C=O) groups is 1. The molecule has 0 saturated carbocycles. The molecule has 0 unspecified atom stereocenters. The molecule has 23 heavy (non-hydrogen) atoms. The lowest BCUT2D eigenvalue weighted by Crippen LogP contribution is -2.44. The average Bonchev–Trinajstić information content (AvgIpc) is 2.86. The van der Waals surface area contributed by atoms with Crippen molar-refractivity contribution in [3.8, 4) is 0 Å². The van der Waals surface area contributed by atoms with E-state index in [0.29, 0.717) is 5.02 Å². The molecular formula is C16H14BrClN4O. The van der Waals surface area contributed by atoms with Crippen LogP contribution in [0.4, 0.5) is 10.5 Å². The van der Waals surface area contributed by atoms with Gasteiger partial charge in [0.1, 0.15) is 6.33 Å². The number of carbonyl (C=O) groups excluding carboxylic acids is 1. The van der Waals surface area contributed by atoms with E-state index in [0.717, 1.165) is 40.7 Å². The summed E-state index contributed by atoms with van der Waals surface area (Å²) < 4.78 is 0.761. The molecular weight excluding hydrogens is 380 g/mol. The summed E-state index contributed by atoms with van der Waals surface area (Å²) in [6.07, 6.45) is 6.18. The molecule has 1 aromatic carbocycles. The number of anilines is 1. The molecule has 2 atom stereocenters. The highest BCUT2D eigenvalue weighted by Gasteiger charge is 2.43. The van der Waals surface area contributed by atoms with Gasteiger partial charge in [-0.15, -0.1) is 0 Å². The van der Waals surface area contributed by atoms with E-state index >= 15 is 0 Å². The van der Waals surface area contributed by atoms with Crippen LogP contribution in [-0.2, 0) is 6.42 Å². The first-order valence-electron chi connectivity index (χ1n) is 7.46. The summed E-state index contributed by atoms with van der Waals surface area (Å²) in [5.41, 5.74) is 2.88. The van der Waals surface area contributed by atoms with Gasteiger partial charge in [-0.2, -0.15) is 0 Å². The summed E-state index contributed by atoms with van der Waals surface area (Å²) in [6.45, 7) is 0. The van der Waals surface area contributed by atoms with Crippen LogP contribution in [0.1, 0.15) is 30.1 Å². The Bertz CT molecular complexity index is 784. The standard InChI is InChI=1S/C16H14BrClN4O/c17-12-5-9(1-3-13(12)18)21-16(23)22-10-2-4-15(22)11-7-19-8-20-14(11)6-10/h1,3,5,7-8,10,15H,2,4,6H2,(H,21,23)/t10-,15+/m1/s1. The fraction of sp³-hybridized carbons (Fsp3) is 0.312. The highest BCUT2D eigenvalue weighted by molar-refractivity contribution is 9.10. The fourth-order valence-corrected chi connectivity index (χ4v) is 3.99. The maximum atomic E-state index is 12.8. The largest absolute Gasteiger partial charge is 0.322 e. The Labute approximate surface area is 147 Å². The molecule has 1 aromatic heterocycles. The van der Waals surface area contributed by atoms with Gasteiger partial charge >= 0.3 is 6.03 Å². The van der Waals surface area contributed by atoms with Gasteiger partial charge in [0.2, 0.25) is 0 Å². The predicted octanol–water partition coefficient (Wildman–Crippen LogP) is 4.19. The Kier molecular flexibility index (Phi) is 3.73. The minimum Gasteiger partial charge on any atom is -0.314 e. The molecule has 0 radical (unpaired) electrons. The predicted molar refractivity (Wildman–Crippen MR) is 91.5 cm³/mol. The second-order valence-corrected chi connectivity index (χ2v) is 7.10. The summed E-state index contributed by atoms with van der Waals surface area (Å²) in [4.78, 5) is 23.2. The molecule has 2 amide bonds. The molecule has 2 aliphatic rings. The van der Waals surface area contributed by atoms with Gasteiger partial charge in [0, 0.05) is 34.4 Å². The maximum Gasteiger partial charge on any atom is 0.322 e. The van der Waals surface area contributed by atoms with E-state index in [1.165, 1.54) is 0 Å². The van der Waals surface area contributed by atoms with Crippen molar-refractivity contribution >= 4 is 39.2 Å². The molecule has 0 spiro atoms. The molecule has 4 rings (SSSR count). The van der Waals surface area contributed by atoms with Crippen LogP contribution in [0.3, 0.4) is 0 Å². The number of fused-ring (bicyclic) bond motifs is 4. The van der Waals surface area contributed by atoms with Crippen molar-refractivity contribution in [1.29, 1.82) is 0 Å². The number of amides is 2. The third kappa shape index (κ3) is 2.60. The Morgan fingerprint density at radius 2 is 2.26 bits per heavy atom. The van der Waals surface area contributed by atoms with E-state index in [1.54, 1.807) is 18.5 Å². The first-order valence-corrected chi connectivity index (χ1v) is 8.63. The lowest BCUT2D eigenvalue weighted by atomic mass is 10.00. The summed E-state index contributed by atoms with van der Waals surface area (Å²) in [5.74, 6) is 0. The van der Waals surface area contributed by atoms with Gasteiger partial charge in [0.25, 0.3) is 0 Å². The van der Waals surface area contributed by atoms with Crippen LogP contribution in [0.5, 0.6) is 0 Å². The Morgan fingerprint density at radius 3 is 3.09 bits per heavy atom. The Balaban J connectivity index is 1.59. The topological polar surface area (TPSA) is 58.1 Å². The molecule has 0 aliphatic carbocycles. The van der Waals surface area contributed by atoms with Gasteiger partial charge in [0.05, 0.1) is 16.8 Å². The number of aromatic nitrogens is 2. The van der Waals surface area contributed by atoms with E-state index in [-0.39, 0.29) is 18.1 Å². The van der Waals surface area contributed by atoms with Crippen molar-refractivity contribution in [3.05, 3.63) is 51.5 Å². The lowest BCUT2D eigenvalue weighted by molar-refractivity contribution is 0.178. The van der Waals surface area contributed by atoms with Crippen LogP contribution < -0.4 is 5.32 Å². The second-order valence-electron chi connectivity index (χ2n) is 5.84. The minimum atomic E-state index is -0.0822. The highest BCUT2D eigenvalue weighted by atomic mass is 79.9. The molecule has 1 fully saturated rings. The average molecular weight is 394 g/mol. The van der Waals surface area contributed by atoms with E-state index < -0.39 is 0 Å². The SMILES string of the molecule is O=C(Nc1ccc(Cl)c(Br)c1)N1[C@@H]2CC[C@H]1c1cncnc1C2. The van der Waals surface area contributed by atoms with E-state index in [9.17, 15) is 4.79 Å². The van der Waals surface area contributed by atoms with Crippen molar-refractivity contribution < 1.29 is 4.79 Å².